The fourth-order valence-corrected chi connectivity index (χ4v) is 1.81. The third kappa shape index (κ3) is 5.39. The number of urea groups is 1. The average molecular weight is 271 g/mol. The first kappa shape index (κ1) is 14.1. The predicted octanol–water partition coefficient (Wildman–Crippen LogP) is 0.642. The summed E-state index contributed by atoms with van der Waals surface area (Å²) in [6, 6.07) is -0.654. The highest BCUT2D eigenvalue weighted by molar-refractivity contribution is 7.09. The Morgan fingerprint density at radius 1 is 1.39 bits per heavy atom. The largest absolute Gasteiger partial charge is 0.481 e. The van der Waals surface area contributed by atoms with Crippen LogP contribution in [0.2, 0.25) is 0 Å². The van der Waals surface area contributed by atoms with E-state index in [4.69, 9.17) is 5.11 Å². The molecule has 1 aromatic rings. The van der Waals surface area contributed by atoms with Gasteiger partial charge in [-0.2, -0.15) is 0 Å². The number of rotatable bonds is 5. The Morgan fingerprint density at radius 2 is 2.11 bits per heavy atom. The van der Waals surface area contributed by atoms with E-state index in [0.29, 0.717) is 0 Å². The van der Waals surface area contributed by atoms with Crippen molar-refractivity contribution in [3.63, 3.8) is 0 Å². The van der Waals surface area contributed by atoms with Crippen molar-refractivity contribution in [2.45, 2.75) is 26.3 Å². The first-order chi connectivity index (χ1) is 8.47. The highest BCUT2D eigenvalue weighted by Gasteiger charge is 2.09. The number of imide groups is 1. The molecule has 0 fully saturated rings. The van der Waals surface area contributed by atoms with Gasteiger partial charge < -0.3 is 10.4 Å². The Kier molecular flexibility index (Phi) is 5.25. The van der Waals surface area contributed by atoms with E-state index in [1.54, 1.807) is 0 Å². The fraction of sp³-hybridized carbons (Fsp3) is 0.400. The van der Waals surface area contributed by atoms with E-state index >= 15 is 0 Å². The number of aromatic nitrogens is 1. The summed E-state index contributed by atoms with van der Waals surface area (Å²) in [6.07, 6.45) is -0.524. The van der Waals surface area contributed by atoms with Crippen molar-refractivity contribution in [1.29, 1.82) is 0 Å². The first-order valence-corrected chi connectivity index (χ1v) is 6.06. The lowest BCUT2D eigenvalue weighted by molar-refractivity contribution is -0.138. The molecule has 3 amide bonds. The summed E-state index contributed by atoms with van der Waals surface area (Å²) >= 11 is 1.41. The van der Waals surface area contributed by atoms with Crippen molar-refractivity contribution in [1.82, 2.24) is 15.6 Å². The van der Waals surface area contributed by atoms with E-state index in [0.717, 1.165) is 10.7 Å². The lowest BCUT2D eigenvalue weighted by atomic mass is 10.3. The average Bonchev–Trinajstić information content (AvgIpc) is 2.70. The molecular weight excluding hydrogens is 258 g/mol. The van der Waals surface area contributed by atoms with Crippen molar-refractivity contribution in [2.24, 2.45) is 0 Å². The molecule has 0 radical (unpaired) electrons. The summed E-state index contributed by atoms with van der Waals surface area (Å²) < 4.78 is 0. The molecule has 1 rings (SSSR count). The summed E-state index contributed by atoms with van der Waals surface area (Å²) in [4.78, 5) is 36.7. The number of hydrogen-bond acceptors (Lipinski definition) is 5. The maximum atomic E-state index is 11.3. The number of carbonyl (C=O) groups is 3. The van der Waals surface area contributed by atoms with Gasteiger partial charge in [0.25, 0.3) is 0 Å². The molecule has 0 aliphatic carbocycles. The minimum Gasteiger partial charge on any atom is -0.481 e. The molecule has 0 spiro atoms. The molecule has 1 aromatic heterocycles. The molecule has 0 aliphatic rings. The number of carboxylic acids is 1. The van der Waals surface area contributed by atoms with Crippen molar-refractivity contribution in [2.75, 3.05) is 0 Å². The van der Waals surface area contributed by atoms with Gasteiger partial charge in [-0.15, -0.1) is 11.3 Å². The summed E-state index contributed by atoms with van der Waals surface area (Å²) in [5.41, 5.74) is 0.870. The van der Waals surface area contributed by atoms with Crippen LogP contribution in [0.5, 0.6) is 0 Å². The van der Waals surface area contributed by atoms with E-state index < -0.39 is 17.9 Å². The first-order valence-electron chi connectivity index (χ1n) is 5.18. The smallest absolute Gasteiger partial charge is 0.321 e. The zero-order chi connectivity index (χ0) is 13.5. The SMILES string of the molecule is Cc1csc(CNC(=O)NC(=O)CCC(=O)O)n1. The Hall–Kier alpha value is -1.96. The van der Waals surface area contributed by atoms with Crippen LogP contribution in [0.4, 0.5) is 4.79 Å². The fourth-order valence-electron chi connectivity index (χ4n) is 1.09. The number of aryl methyl sites for hydroxylation is 1. The van der Waals surface area contributed by atoms with Gasteiger partial charge in [0.1, 0.15) is 5.01 Å². The molecule has 0 saturated carbocycles. The van der Waals surface area contributed by atoms with Gasteiger partial charge in [0.15, 0.2) is 0 Å². The van der Waals surface area contributed by atoms with E-state index in [1.807, 2.05) is 17.6 Å². The molecule has 0 aromatic carbocycles. The second-order valence-corrected chi connectivity index (χ2v) is 4.45. The van der Waals surface area contributed by atoms with Gasteiger partial charge in [0.05, 0.1) is 13.0 Å². The summed E-state index contributed by atoms with van der Waals surface area (Å²) in [5.74, 6) is -1.70. The number of amides is 3. The lowest BCUT2D eigenvalue weighted by Crippen LogP contribution is -2.39. The number of thiazole rings is 1. The second kappa shape index (κ2) is 6.70. The van der Waals surface area contributed by atoms with E-state index in [9.17, 15) is 14.4 Å². The van der Waals surface area contributed by atoms with Crippen LogP contribution in [0.3, 0.4) is 0 Å². The van der Waals surface area contributed by atoms with E-state index in [2.05, 4.69) is 10.3 Å². The van der Waals surface area contributed by atoms with Gasteiger partial charge >= 0.3 is 12.0 Å². The van der Waals surface area contributed by atoms with Crippen LogP contribution in [-0.4, -0.2) is 28.0 Å². The maximum Gasteiger partial charge on any atom is 0.321 e. The zero-order valence-electron chi connectivity index (χ0n) is 9.73. The van der Waals surface area contributed by atoms with Crippen molar-refractivity contribution in [3.05, 3.63) is 16.1 Å². The van der Waals surface area contributed by atoms with E-state index in [-0.39, 0.29) is 19.4 Å². The molecule has 3 N–H and O–H groups in total. The van der Waals surface area contributed by atoms with Gasteiger partial charge in [0, 0.05) is 17.5 Å². The Labute approximate surface area is 107 Å². The summed E-state index contributed by atoms with van der Waals surface area (Å²) in [5, 5.41) is 15.5. The molecular formula is C10H13N3O4S. The normalized spacial score (nSPS) is 9.83. The predicted molar refractivity (Wildman–Crippen MR) is 64.1 cm³/mol. The van der Waals surface area contributed by atoms with Crippen LogP contribution in [0.25, 0.3) is 0 Å². The monoisotopic (exact) mass is 271 g/mol. The lowest BCUT2D eigenvalue weighted by Gasteiger charge is -2.04. The summed E-state index contributed by atoms with van der Waals surface area (Å²) in [6.45, 7) is 2.08. The van der Waals surface area contributed by atoms with Gasteiger partial charge in [0.2, 0.25) is 5.91 Å². The Bertz CT molecular complexity index is 458. The van der Waals surface area contributed by atoms with Crippen LogP contribution in [0.1, 0.15) is 23.5 Å². The molecule has 0 unspecified atom stereocenters. The van der Waals surface area contributed by atoms with Crippen molar-refractivity contribution in [3.8, 4) is 0 Å². The maximum absolute atomic E-state index is 11.3. The Morgan fingerprint density at radius 3 is 2.67 bits per heavy atom. The summed E-state index contributed by atoms with van der Waals surface area (Å²) in [7, 11) is 0. The van der Waals surface area contributed by atoms with Crippen LogP contribution >= 0.6 is 11.3 Å². The Balaban J connectivity index is 2.25. The van der Waals surface area contributed by atoms with Crippen LogP contribution in [0, 0.1) is 6.92 Å². The number of aliphatic carboxylic acids is 1. The van der Waals surface area contributed by atoms with Crippen molar-refractivity contribution < 1.29 is 19.5 Å². The highest BCUT2D eigenvalue weighted by Crippen LogP contribution is 2.07. The van der Waals surface area contributed by atoms with Crippen LogP contribution < -0.4 is 10.6 Å². The number of carbonyl (C=O) groups excluding carboxylic acids is 2. The third-order valence-corrected chi connectivity index (χ3v) is 2.85. The molecule has 0 aliphatic heterocycles. The molecule has 1 heterocycles. The molecule has 8 heteroatoms. The van der Waals surface area contributed by atoms with Crippen LogP contribution in [-0.2, 0) is 16.1 Å². The molecule has 0 atom stereocenters. The van der Waals surface area contributed by atoms with Gasteiger partial charge in [-0.05, 0) is 6.92 Å². The standard InChI is InChI=1S/C10H13N3O4S/c1-6-5-18-8(12-6)4-11-10(17)13-7(14)2-3-9(15)16/h5H,2-4H2,1H3,(H,15,16)(H2,11,13,14,17). The quantitative estimate of drug-likeness (QED) is 0.728. The molecule has 18 heavy (non-hydrogen) atoms. The third-order valence-electron chi connectivity index (χ3n) is 1.89. The van der Waals surface area contributed by atoms with E-state index in [1.165, 1.54) is 11.3 Å². The van der Waals surface area contributed by atoms with Gasteiger partial charge in [-0.1, -0.05) is 0 Å². The minimum atomic E-state index is -1.08. The molecule has 0 saturated heterocycles. The molecule has 0 bridgehead atoms. The van der Waals surface area contributed by atoms with Crippen molar-refractivity contribution >= 4 is 29.2 Å². The molecule has 98 valence electrons. The van der Waals surface area contributed by atoms with Gasteiger partial charge in [-0.3, -0.25) is 14.9 Å². The zero-order valence-corrected chi connectivity index (χ0v) is 10.5. The number of hydrogen-bond donors (Lipinski definition) is 3. The van der Waals surface area contributed by atoms with Crippen LogP contribution in [0.15, 0.2) is 5.38 Å². The second-order valence-electron chi connectivity index (χ2n) is 3.51. The number of nitrogens with zero attached hydrogens (tertiary/aromatic N) is 1. The minimum absolute atomic E-state index is 0.223. The molecule has 7 nitrogen and oxygen atoms in total. The highest BCUT2D eigenvalue weighted by atomic mass is 32.1. The topological polar surface area (TPSA) is 108 Å². The number of nitrogens with one attached hydrogen (secondary N) is 2. The number of carboxylic acid groups (broad SMARTS) is 1. The van der Waals surface area contributed by atoms with Gasteiger partial charge in [-0.25, -0.2) is 9.78 Å².